The normalized spacial score (nSPS) is 34.6. The molecule has 3 N–H and O–H groups in total. The Hall–Kier alpha value is -1.24. The van der Waals surface area contributed by atoms with Crippen LogP contribution in [0.15, 0.2) is 12.2 Å². The second-order valence-electron chi connectivity index (χ2n) is 6.64. The third-order valence-corrected chi connectivity index (χ3v) is 5.39. The zero-order valence-electron chi connectivity index (χ0n) is 12.4. The van der Waals surface area contributed by atoms with Gasteiger partial charge in [-0.25, -0.2) is 4.79 Å². The molecule has 3 aliphatic carbocycles. The summed E-state index contributed by atoms with van der Waals surface area (Å²) in [4.78, 5) is 13.8. The summed E-state index contributed by atoms with van der Waals surface area (Å²) in [6.45, 7) is 1.02. The number of likely N-dealkylation sites (tertiary alicyclic amines) is 1. The summed E-state index contributed by atoms with van der Waals surface area (Å²) < 4.78 is 38.7. The molecule has 1 saturated heterocycles. The smallest absolute Gasteiger partial charge is 0.330 e. The second kappa shape index (κ2) is 5.76. The summed E-state index contributed by atoms with van der Waals surface area (Å²) >= 11 is 0. The van der Waals surface area contributed by atoms with E-state index >= 15 is 0 Å². The lowest BCUT2D eigenvalue weighted by Gasteiger charge is -2.40. The minimum atomic E-state index is -4.46. The quantitative estimate of drug-likeness (QED) is 0.783. The minimum absolute atomic E-state index is 0.107. The van der Waals surface area contributed by atoms with Gasteiger partial charge < -0.3 is 16.0 Å². The summed E-state index contributed by atoms with van der Waals surface area (Å²) in [5.41, 5.74) is 5.22. The molecule has 4 rings (SSSR count). The summed E-state index contributed by atoms with van der Waals surface area (Å²) in [5.74, 6) is 1.78. The van der Waals surface area contributed by atoms with Crippen LogP contribution in [0.3, 0.4) is 0 Å². The molecule has 5 atom stereocenters. The average molecular weight is 317 g/mol. The SMILES string of the molecule is NCCC(NC(=O)N1CC2C3C=CC(CC3)C2C1)C(F)(F)F. The lowest BCUT2D eigenvalue weighted by atomic mass is 9.64. The molecule has 4 nitrogen and oxygen atoms in total. The standard InChI is InChI=1S/C15H22F3N3O/c16-15(17,18)13(5-6-19)20-14(22)21-7-11-9-1-2-10(4-3-9)12(11)8-21/h1-2,9-13H,3-8,19H2,(H,20,22). The van der Waals surface area contributed by atoms with Gasteiger partial charge in [-0.15, -0.1) is 0 Å². The molecule has 0 aromatic carbocycles. The highest BCUT2D eigenvalue weighted by atomic mass is 19.4. The fraction of sp³-hybridized carbons (Fsp3) is 0.800. The molecule has 2 fully saturated rings. The number of allylic oxidation sites excluding steroid dienone is 2. The van der Waals surface area contributed by atoms with Crippen LogP contribution in [-0.4, -0.2) is 42.8 Å². The van der Waals surface area contributed by atoms with Gasteiger partial charge >= 0.3 is 12.2 Å². The molecule has 2 amide bonds. The number of nitrogens with zero attached hydrogens (tertiary/aromatic N) is 1. The number of fused-ring (bicyclic) bond motifs is 1. The number of nitrogens with two attached hydrogens (primary N) is 1. The van der Waals surface area contributed by atoms with Crippen molar-refractivity contribution >= 4 is 6.03 Å². The number of amides is 2. The van der Waals surface area contributed by atoms with Crippen LogP contribution in [0.4, 0.5) is 18.0 Å². The molecule has 0 aromatic rings. The number of nitrogens with one attached hydrogen (secondary N) is 1. The minimum Gasteiger partial charge on any atom is -0.330 e. The Bertz CT molecular complexity index is 443. The van der Waals surface area contributed by atoms with Gasteiger partial charge in [0, 0.05) is 13.1 Å². The van der Waals surface area contributed by atoms with Gasteiger partial charge in [0.2, 0.25) is 0 Å². The van der Waals surface area contributed by atoms with Crippen molar-refractivity contribution in [2.45, 2.75) is 31.5 Å². The Kier molecular flexibility index (Phi) is 4.09. The van der Waals surface area contributed by atoms with Crippen molar-refractivity contribution in [3.63, 3.8) is 0 Å². The first kappa shape index (κ1) is 15.6. The molecular formula is C15H22F3N3O. The molecule has 1 saturated carbocycles. The molecule has 5 unspecified atom stereocenters. The zero-order chi connectivity index (χ0) is 15.9. The molecule has 0 radical (unpaired) electrons. The highest BCUT2D eigenvalue weighted by Crippen LogP contribution is 2.48. The van der Waals surface area contributed by atoms with Gasteiger partial charge in [0.1, 0.15) is 6.04 Å². The number of urea groups is 1. The molecule has 4 aliphatic rings. The maximum atomic E-state index is 12.9. The Morgan fingerprint density at radius 1 is 1.23 bits per heavy atom. The van der Waals surface area contributed by atoms with E-state index in [4.69, 9.17) is 5.73 Å². The van der Waals surface area contributed by atoms with Gasteiger partial charge in [-0.2, -0.15) is 13.2 Å². The van der Waals surface area contributed by atoms with Crippen molar-refractivity contribution in [1.29, 1.82) is 0 Å². The van der Waals surface area contributed by atoms with Crippen LogP contribution >= 0.6 is 0 Å². The fourth-order valence-electron chi connectivity index (χ4n) is 4.23. The first-order valence-electron chi connectivity index (χ1n) is 7.90. The van der Waals surface area contributed by atoms with Gasteiger partial charge in [0.05, 0.1) is 0 Å². The third-order valence-electron chi connectivity index (χ3n) is 5.39. The molecule has 1 heterocycles. The van der Waals surface area contributed by atoms with E-state index in [1.54, 1.807) is 4.90 Å². The summed E-state index contributed by atoms with van der Waals surface area (Å²) in [6.07, 6.45) is 1.98. The monoisotopic (exact) mass is 317 g/mol. The van der Waals surface area contributed by atoms with E-state index < -0.39 is 18.2 Å². The van der Waals surface area contributed by atoms with Crippen LogP contribution < -0.4 is 11.1 Å². The van der Waals surface area contributed by atoms with E-state index in [0.717, 1.165) is 12.8 Å². The van der Waals surface area contributed by atoms with E-state index in [9.17, 15) is 18.0 Å². The van der Waals surface area contributed by atoms with Crippen LogP contribution in [-0.2, 0) is 0 Å². The van der Waals surface area contributed by atoms with Gasteiger partial charge in [-0.05, 0) is 49.5 Å². The molecule has 1 aliphatic heterocycles. The Morgan fingerprint density at radius 2 is 1.77 bits per heavy atom. The van der Waals surface area contributed by atoms with Gasteiger partial charge in [-0.1, -0.05) is 12.2 Å². The number of carbonyl (C=O) groups is 1. The average Bonchev–Trinajstić information content (AvgIpc) is 2.94. The maximum Gasteiger partial charge on any atom is 0.408 e. The predicted octanol–water partition coefficient (Wildman–Crippen LogP) is 2.12. The number of carbonyl (C=O) groups excluding carboxylic acids is 1. The zero-order valence-corrected chi connectivity index (χ0v) is 12.4. The van der Waals surface area contributed by atoms with Crippen molar-refractivity contribution in [2.75, 3.05) is 19.6 Å². The van der Waals surface area contributed by atoms with Crippen LogP contribution in [0.2, 0.25) is 0 Å². The first-order chi connectivity index (χ1) is 10.4. The van der Waals surface area contributed by atoms with E-state index in [-0.39, 0.29) is 13.0 Å². The third kappa shape index (κ3) is 2.83. The molecule has 0 spiro atoms. The van der Waals surface area contributed by atoms with Gasteiger partial charge in [0.15, 0.2) is 0 Å². The highest BCUT2D eigenvalue weighted by molar-refractivity contribution is 5.75. The molecule has 2 bridgehead atoms. The topological polar surface area (TPSA) is 58.4 Å². The summed E-state index contributed by atoms with van der Waals surface area (Å²) in [7, 11) is 0. The van der Waals surface area contributed by atoms with Crippen LogP contribution in [0.25, 0.3) is 0 Å². The van der Waals surface area contributed by atoms with Crippen molar-refractivity contribution in [1.82, 2.24) is 10.2 Å². The van der Waals surface area contributed by atoms with Crippen LogP contribution in [0.1, 0.15) is 19.3 Å². The predicted molar refractivity (Wildman–Crippen MR) is 76.0 cm³/mol. The maximum absolute atomic E-state index is 12.9. The van der Waals surface area contributed by atoms with Crippen molar-refractivity contribution in [2.24, 2.45) is 29.4 Å². The van der Waals surface area contributed by atoms with E-state index in [2.05, 4.69) is 17.5 Å². The Morgan fingerprint density at radius 3 is 2.18 bits per heavy atom. The largest absolute Gasteiger partial charge is 0.408 e. The van der Waals surface area contributed by atoms with Crippen molar-refractivity contribution < 1.29 is 18.0 Å². The van der Waals surface area contributed by atoms with Crippen molar-refractivity contribution in [3.8, 4) is 0 Å². The number of rotatable bonds is 3. The lowest BCUT2D eigenvalue weighted by Crippen LogP contribution is -2.51. The molecule has 124 valence electrons. The Balaban J connectivity index is 1.62. The number of halogens is 3. The van der Waals surface area contributed by atoms with Crippen molar-refractivity contribution in [3.05, 3.63) is 12.2 Å². The summed E-state index contributed by atoms with van der Waals surface area (Å²) in [5, 5.41) is 2.12. The van der Waals surface area contributed by atoms with Gasteiger partial charge in [0.25, 0.3) is 0 Å². The number of hydrogen-bond acceptors (Lipinski definition) is 2. The highest BCUT2D eigenvalue weighted by Gasteiger charge is 2.48. The van der Waals surface area contributed by atoms with E-state index in [1.165, 1.54) is 0 Å². The molecule has 22 heavy (non-hydrogen) atoms. The molecule has 0 aromatic heterocycles. The van der Waals surface area contributed by atoms with Crippen LogP contribution in [0, 0.1) is 23.7 Å². The van der Waals surface area contributed by atoms with E-state index in [0.29, 0.717) is 36.8 Å². The summed E-state index contributed by atoms with van der Waals surface area (Å²) in [6, 6.07) is -2.47. The van der Waals surface area contributed by atoms with Crippen LogP contribution in [0.5, 0.6) is 0 Å². The first-order valence-corrected chi connectivity index (χ1v) is 7.90. The van der Waals surface area contributed by atoms with E-state index in [1.807, 2.05) is 0 Å². The second-order valence-corrected chi connectivity index (χ2v) is 6.64. The lowest BCUT2D eigenvalue weighted by molar-refractivity contribution is -0.154. The van der Waals surface area contributed by atoms with Gasteiger partial charge in [-0.3, -0.25) is 0 Å². The number of alkyl halides is 3. The fourth-order valence-corrected chi connectivity index (χ4v) is 4.23. The number of hydrogen-bond donors (Lipinski definition) is 2. The Labute approximate surface area is 127 Å². The molecule has 7 heteroatoms. The molecular weight excluding hydrogens is 295 g/mol.